The van der Waals surface area contributed by atoms with Crippen LogP contribution in [0.1, 0.15) is 23.2 Å². The van der Waals surface area contributed by atoms with Gasteiger partial charge in [0.2, 0.25) is 0 Å². The molecule has 0 spiro atoms. The van der Waals surface area contributed by atoms with E-state index in [1.165, 1.54) is 0 Å². The second-order valence-electron chi connectivity index (χ2n) is 5.61. The van der Waals surface area contributed by atoms with Crippen LogP contribution in [0.3, 0.4) is 0 Å². The maximum atomic E-state index is 12.3. The molecule has 8 nitrogen and oxygen atoms in total. The fraction of sp³-hybridized carbons (Fsp3) is 0.312. The monoisotopic (exact) mass is 329 g/mol. The van der Waals surface area contributed by atoms with Gasteiger partial charge in [0.05, 0.1) is 24.5 Å². The van der Waals surface area contributed by atoms with Gasteiger partial charge in [0.15, 0.2) is 0 Å². The standard InChI is InChI=1S/C16H19N5O3/c17-16(23)20-12-4-1-3-11(7-12)15(22)19-13-8-18-21(9-13)10-14-5-2-6-24-14/h1,3-4,7-9,14H,2,5-6,10H2,(H,19,22)(H3,17,20,23). The Labute approximate surface area is 139 Å². The van der Waals surface area contributed by atoms with Crippen LogP contribution in [0.4, 0.5) is 16.2 Å². The summed E-state index contributed by atoms with van der Waals surface area (Å²) in [4.78, 5) is 23.2. The minimum absolute atomic E-state index is 0.185. The molecule has 1 aliphatic rings. The van der Waals surface area contributed by atoms with Crippen molar-refractivity contribution in [3.8, 4) is 0 Å². The van der Waals surface area contributed by atoms with Gasteiger partial charge in [0.25, 0.3) is 5.91 Å². The van der Waals surface area contributed by atoms with Crippen molar-refractivity contribution in [3.05, 3.63) is 42.2 Å². The van der Waals surface area contributed by atoms with Crippen LogP contribution in [-0.2, 0) is 11.3 Å². The molecular formula is C16H19N5O3. The molecule has 0 saturated carbocycles. The highest BCUT2D eigenvalue weighted by atomic mass is 16.5. The number of hydrogen-bond donors (Lipinski definition) is 3. The maximum absolute atomic E-state index is 12.3. The van der Waals surface area contributed by atoms with E-state index in [0.717, 1.165) is 19.4 Å². The van der Waals surface area contributed by atoms with Gasteiger partial charge in [-0.25, -0.2) is 4.79 Å². The molecule has 4 N–H and O–H groups in total. The summed E-state index contributed by atoms with van der Waals surface area (Å²) in [7, 11) is 0. The predicted octanol–water partition coefficient (Wildman–Crippen LogP) is 1.81. The normalized spacial score (nSPS) is 16.8. The number of anilines is 2. The summed E-state index contributed by atoms with van der Waals surface area (Å²) < 4.78 is 7.33. The van der Waals surface area contributed by atoms with Gasteiger partial charge in [-0.1, -0.05) is 6.07 Å². The van der Waals surface area contributed by atoms with E-state index in [-0.39, 0.29) is 12.0 Å². The number of urea groups is 1. The Morgan fingerprint density at radius 3 is 2.96 bits per heavy atom. The van der Waals surface area contributed by atoms with Crippen molar-refractivity contribution in [1.82, 2.24) is 9.78 Å². The predicted molar refractivity (Wildman–Crippen MR) is 88.8 cm³/mol. The molecule has 3 amide bonds. The number of carbonyl (C=O) groups excluding carboxylic acids is 2. The molecule has 1 unspecified atom stereocenters. The molecule has 1 atom stereocenters. The molecular weight excluding hydrogens is 310 g/mol. The molecule has 8 heteroatoms. The fourth-order valence-corrected chi connectivity index (χ4v) is 2.61. The molecule has 3 rings (SSSR count). The third kappa shape index (κ3) is 4.11. The van der Waals surface area contributed by atoms with Gasteiger partial charge in [-0.2, -0.15) is 5.10 Å². The second-order valence-corrected chi connectivity index (χ2v) is 5.61. The molecule has 0 radical (unpaired) electrons. The second kappa shape index (κ2) is 7.14. The molecule has 1 aliphatic heterocycles. The van der Waals surface area contributed by atoms with Crippen LogP contribution < -0.4 is 16.4 Å². The van der Waals surface area contributed by atoms with Gasteiger partial charge in [0, 0.05) is 24.1 Å². The maximum Gasteiger partial charge on any atom is 0.316 e. The molecule has 1 saturated heterocycles. The van der Waals surface area contributed by atoms with Gasteiger partial charge in [-0.05, 0) is 31.0 Å². The first-order valence-electron chi connectivity index (χ1n) is 7.72. The van der Waals surface area contributed by atoms with Crippen LogP contribution in [0, 0.1) is 0 Å². The summed E-state index contributed by atoms with van der Waals surface area (Å²) in [5.74, 6) is -0.292. The molecule has 1 fully saturated rings. The average Bonchev–Trinajstić information content (AvgIpc) is 3.19. The van der Waals surface area contributed by atoms with Crippen molar-refractivity contribution in [1.29, 1.82) is 0 Å². The summed E-state index contributed by atoms with van der Waals surface area (Å²) in [6, 6.07) is 5.85. The van der Waals surface area contributed by atoms with E-state index in [4.69, 9.17) is 10.5 Å². The van der Waals surface area contributed by atoms with Crippen molar-refractivity contribution in [3.63, 3.8) is 0 Å². The van der Waals surface area contributed by atoms with E-state index in [1.54, 1.807) is 41.3 Å². The Kier molecular flexibility index (Phi) is 4.76. The summed E-state index contributed by atoms with van der Waals surface area (Å²) in [5, 5.41) is 9.45. The zero-order valence-corrected chi connectivity index (χ0v) is 13.1. The molecule has 2 heterocycles. The third-order valence-electron chi connectivity index (χ3n) is 3.70. The number of amides is 3. The first-order chi connectivity index (χ1) is 11.6. The Bertz CT molecular complexity index is 737. The fourth-order valence-electron chi connectivity index (χ4n) is 2.61. The lowest BCUT2D eigenvalue weighted by Gasteiger charge is -2.08. The first kappa shape index (κ1) is 16.0. The van der Waals surface area contributed by atoms with Crippen LogP contribution in [0.5, 0.6) is 0 Å². The Morgan fingerprint density at radius 1 is 1.33 bits per heavy atom. The van der Waals surface area contributed by atoms with Gasteiger partial charge >= 0.3 is 6.03 Å². The van der Waals surface area contributed by atoms with Crippen molar-refractivity contribution < 1.29 is 14.3 Å². The van der Waals surface area contributed by atoms with Crippen molar-refractivity contribution >= 4 is 23.3 Å². The molecule has 0 bridgehead atoms. The number of ether oxygens (including phenoxy) is 1. The Hall–Kier alpha value is -2.87. The third-order valence-corrected chi connectivity index (χ3v) is 3.70. The number of nitrogens with two attached hydrogens (primary N) is 1. The number of nitrogens with zero attached hydrogens (tertiary/aromatic N) is 2. The number of primary amides is 1. The van der Waals surface area contributed by atoms with E-state index < -0.39 is 6.03 Å². The van der Waals surface area contributed by atoms with Gasteiger partial charge in [-0.3, -0.25) is 9.48 Å². The quantitative estimate of drug-likeness (QED) is 0.776. The highest BCUT2D eigenvalue weighted by Crippen LogP contribution is 2.16. The number of rotatable bonds is 5. The lowest BCUT2D eigenvalue weighted by atomic mass is 10.2. The summed E-state index contributed by atoms with van der Waals surface area (Å²) in [6.07, 6.45) is 5.65. The highest BCUT2D eigenvalue weighted by Gasteiger charge is 2.16. The number of hydrogen-bond acceptors (Lipinski definition) is 4. The van der Waals surface area contributed by atoms with E-state index in [9.17, 15) is 9.59 Å². The topological polar surface area (TPSA) is 111 Å². The van der Waals surface area contributed by atoms with E-state index in [0.29, 0.717) is 23.5 Å². The van der Waals surface area contributed by atoms with E-state index >= 15 is 0 Å². The van der Waals surface area contributed by atoms with Gasteiger partial charge < -0.3 is 21.1 Å². The van der Waals surface area contributed by atoms with Crippen molar-refractivity contribution in [2.75, 3.05) is 17.2 Å². The summed E-state index contributed by atoms with van der Waals surface area (Å²) in [6.45, 7) is 1.47. The van der Waals surface area contributed by atoms with Crippen LogP contribution in [0.15, 0.2) is 36.7 Å². The molecule has 0 aliphatic carbocycles. The lowest BCUT2D eigenvalue weighted by Crippen LogP contribution is -2.19. The van der Waals surface area contributed by atoms with Crippen LogP contribution >= 0.6 is 0 Å². The zero-order valence-electron chi connectivity index (χ0n) is 13.1. The van der Waals surface area contributed by atoms with E-state index in [2.05, 4.69) is 15.7 Å². The summed E-state index contributed by atoms with van der Waals surface area (Å²) in [5.41, 5.74) is 6.55. The molecule has 1 aromatic carbocycles. The van der Waals surface area contributed by atoms with Gasteiger partial charge in [-0.15, -0.1) is 0 Å². The lowest BCUT2D eigenvalue weighted by molar-refractivity contribution is 0.0940. The number of carbonyl (C=O) groups is 2. The number of aromatic nitrogens is 2. The SMILES string of the molecule is NC(=O)Nc1cccc(C(=O)Nc2cnn(CC3CCCO3)c2)c1. The summed E-state index contributed by atoms with van der Waals surface area (Å²) >= 11 is 0. The first-order valence-corrected chi connectivity index (χ1v) is 7.72. The van der Waals surface area contributed by atoms with Crippen LogP contribution in [0.2, 0.25) is 0 Å². The zero-order chi connectivity index (χ0) is 16.9. The van der Waals surface area contributed by atoms with Gasteiger partial charge in [0.1, 0.15) is 0 Å². The number of benzene rings is 1. The number of nitrogens with one attached hydrogen (secondary N) is 2. The average molecular weight is 329 g/mol. The Balaban J connectivity index is 1.62. The molecule has 126 valence electrons. The highest BCUT2D eigenvalue weighted by molar-refractivity contribution is 6.05. The van der Waals surface area contributed by atoms with Crippen LogP contribution in [0.25, 0.3) is 0 Å². The smallest absolute Gasteiger partial charge is 0.316 e. The molecule has 2 aromatic rings. The Morgan fingerprint density at radius 2 is 2.21 bits per heavy atom. The largest absolute Gasteiger partial charge is 0.376 e. The van der Waals surface area contributed by atoms with E-state index in [1.807, 2.05) is 0 Å². The minimum Gasteiger partial charge on any atom is -0.376 e. The van der Waals surface area contributed by atoms with Crippen molar-refractivity contribution in [2.45, 2.75) is 25.5 Å². The van der Waals surface area contributed by atoms with Crippen LogP contribution in [-0.4, -0.2) is 34.4 Å². The van der Waals surface area contributed by atoms with Crippen molar-refractivity contribution in [2.24, 2.45) is 5.73 Å². The molecule has 24 heavy (non-hydrogen) atoms. The minimum atomic E-state index is -0.678. The molecule has 1 aromatic heterocycles.